The molecule has 1 atom stereocenters. The average molecular weight is 447 g/mol. The van der Waals surface area contributed by atoms with E-state index in [1.807, 2.05) is 6.07 Å². The molecule has 170 valence electrons. The number of alkyl halides is 3. The van der Waals surface area contributed by atoms with Gasteiger partial charge in [0, 0.05) is 31.2 Å². The van der Waals surface area contributed by atoms with E-state index >= 15 is 0 Å². The van der Waals surface area contributed by atoms with Gasteiger partial charge in [-0.3, -0.25) is 0 Å². The van der Waals surface area contributed by atoms with Crippen LogP contribution < -0.4 is 21.3 Å². The van der Waals surface area contributed by atoms with Crippen LogP contribution in [0.1, 0.15) is 24.1 Å². The maximum Gasteiger partial charge on any atom is 0.416 e. The zero-order valence-electron chi connectivity index (χ0n) is 17.7. The number of nitrogens with one attached hydrogen (secondary N) is 2. The maximum atomic E-state index is 13.2. The van der Waals surface area contributed by atoms with Gasteiger partial charge in [0.05, 0.1) is 36.5 Å². The molecule has 32 heavy (non-hydrogen) atoms. The second kappa shape index (κ2) is 8.65. The second-order valence-corrected chi connectivity index (χ2v) is 7.56. The van der Waals surface area contributed by atoms with Crippen LogP contribution in [-0.2, 0) is 10.9 Å². The van der Waals surface area contributed by atoms with E-state index in [2.05, 4.69) is 30.5 Å². The highest BCUT2D eigenvalue weighted by Gasteiger charge is 2.31. The molecule has 1 saturated heterocycles. The highest BCUT2D eigenvalue weighted by molar-refractivity contribution is 5.91. The lowest BCUT2D eigenvalue weighted by atomic mass is 10.0. The van der Waals surface area contributed by atoms with Crippen molar-refractivity contribution < 1.29 is 17.9 Å². The highest BCUT2D eigenvalue weighted by atomic mass is 19.4. The molecule has 0 unspecified atom stereocenters. The number of benzene rings is 1. The van der Waals surface area contributed by atoms with E-state index < -0.39 is 17.8 Å². The average Bonchev–Trinajstić information content (AvgIpc) is 2.78. The molecule has 2 aromatic heterocycles. The fraction of sp³-hybridized carbons (Fsp3) is 0.381. The molecule has 1 aromatic carbocycles. The number of nitrogens with two attached hydrogens (primary N) is 1. The van der Waals surface area contributed by atoms with Gasteiger partial charge in [0.25, 0.3) is 0 Å². The third-order valence-electron chi connectivity index (χ3n) is 5.28. The van der Waals surface area contributed by atoms with Gasteiger partial charge in [-0.1, -0.05) is 0 Å². The Hall–Kier alpha value is -3.34. The normalized spacial score (nSPS) is 15.6. The number of fused-ring (bicyclic) bond motifs is 1. The standard InChI is InChI=1S/C21H24F3N7O/c1-12(13-7-14(21(22,23)24)9-15(25)8-13)28-19-16-10-18(31-3-5-32-6-4-31)27-11-17(16)29-20(26-2)30-19/h7-12H,3-6,25H2,1-2H3,(H2,26,28,29,30)/t12-/m1/s1. The molecule has 0 spiro atoms. The monoisotopic (exact) mass is 447 g/mol. The minimum absolute atomic E-state index is 0.0470. The Balaban J connectivity index is 1.71. The molecular formula is C21H24F3N7O. The molecule has 3 aromatic rings. The number of morpholine rings is 1. The van der Waals surface area contributed by atoms with Crippen molar-refractivity contribution in [3.63, 3.8) is 0 Å². The third kappa shape index (κ3) is 4.62. The molecule has 11 heteroatoms. The van der Waals surface area contributed by atoms with Crippen molar-refractivity contribution in [1.82, 2.24) is 15.0 Å². The fourth-order valence-corrected chi connectivity index (χ4v) is 3.59. The molecule has 4 N–H and O–H groups in total. The van der Waals surface area contributed by atoms with Crippen LogP contribution in [0.2, 0.25) is 0 Å². The Morgan fingerprint density at radius 2 is 1.88 bits per heavy atom. The van der Waals surface area contributed by atoms with Crippen LogP contribution in [0, 0.1) is 0 Å². The molecule has 1 fully saturated rings. The summed E-state index contributed by atoms with van der Waals surface area (Å²) in [6.07, 6.45) is -2.82. The number of halogens is 3. The summed E-state index contributed by atoms with van der Waals surface area (Å²) in [4.78, 5) is 15.6. The Bertz CT molecular complexity index is 1120. The maximum absolute atomic E-state index is 13.2. The highest BCUT2D eigenvalue weighted by Crippen LogP contribution is 2.34. The number of pyridine rings is 1. The summed E-state index contributed by atoms with van der Waals surface area (Å²) in [5.74, 6) is 1.62. The molecule has 0 radical (unpaired) electrons. The number of anilines is 4. The molecule has 3 heterocycles. The first-order valence-electron chi connectivity index (χ1n) is 10.2. The molecular weight excluding hydrogens is 423 g/mol. The number of nitrogen functional groups attached to an aromatic ring is 1. The van der Waals surface area contributed by atoms with E-state index in [0.717, 1.165) is 31.0 Å². The zero-order valence-corrected chi connectivity index (χ0v) is 17.7. The molecule has 0 amide bonds. The molecule has 4 rings (SSSR count). The van der Waals surface area contributed by atoms with Crippen molar-refractivity contribution in [3.8, 4) is 0 Å². The summed E-state index contributed by atoms with van der Waals surface area (Å²) in [5.41, 5.74) is 6.01. The molecule has 1 aliphatic heterocycles. The van der Waals surface area contributed by atoms with Crippen molar-refractivity contribution in [2.45, 2.75) is 19.1 Å². The summed E-state index contributed by atoms with van der Waals surface area (Å²) in [6.45, 7) is 4.43. The van der Waals surface area contributed by atoms with E-state index in [0.29, 0.717) is 41.4 Å². The molecule has 0 aliphatic carbocycles. The Morgan fingerprint density at radius 3 is 2.56 bits per heavy atom. The van der Waals surface area contributed by atoms with Gasteiger partial charge >= 0.3 is 6.18 Å². The van der Waals surface area contributed by atoms with Gasteiger partial charge in [-0.05, 0) is 36.8 Å². The Labute approximate surface area is 183 Å². The number of hydrogen-bond acceptors (Lipinski definition) is 8. The smallest absolute Gasteiger partial charge is 0.399 e. The minimum atomic E-state index is -4.48. The van der Waals surface area contributed by atoms with E-state index in [1.54, 1.807) is 20.2 Å². The summed E-state index contributed by atoms with van der Waals surface area (Å²) in [5, 5.41) is 6.84. The van der Waals surface area contributed by atoms with Crippen LogP contribution in [0.5, 0.6) is 0 Å². The van der Waals surface area contributed by atoms with Gasteiger partial charge < -0.3 is 26.0 Å². The number of ether oxygens (including phenoxy) is 1. The van der Waals surface area contributed by atoms with Crippen molar-refractivity contribution in [2.75, 3.05) is 54.6 Å². The topological polar surface area (TPSA) is 101 Å². The predicted octanol–water partition coefficient (Wildman–Crippen LogP) is 3.68. The van der Waals surface area contributed by atoms with Crippen LogP contribution >= 0.6 is 0 Å². The largest absolute Gasteiger partial charge is 0.416 e. The molecule has 1 aliphatic rings. The quantitative estimate of drug-likeness (QED) is 0.510. The minimum Gasteiger partial charge on any atom is -0.399 e. The number of hydrogen-bond donors (Lipinski definition) is 3. The van der Waals surface area contributed by atoms with Crippen molar-refractivity contribution in [1.29, 1.82) is 0 Å². The first-order chi connectivity index (χ1) is 15.2. The summed E-state index contributed by atoms with van der Waals surface area (Å²) in [7, 11) is 1.69. The van der Waals surface area contributed by atoms with E-state index in [1.165, 1.54) is 6.07 Å². The van der Waals surface area contributed by atoms with Crippen LogP contribution in [0.15, 0.2) is 30.5 Å². The third-order valence-corrected chi connectivity index (χ3v) is 5.28. The summed E-state index contributed by atoms with van der Waals surface area (Å²) < 4.78 is 45.1. The van der Waals surface area contributed by atoms with Gasteiger partial charge in [-0.2, -0.15) is 18.2 Å². The van der Waals surface area contributed by atoms with Crippen molar-refractivity contribution >= 4 is 34.2 Å². The summed E-state index contributed by atoms with van der Waals surface area (Å²) >= 11 is 0. The van der Waals surface area contributed by atoms with Crippen LogP contribution in [0.25, 0.3) is 10.9 Å². The zero-order chi connectivity index (χ0) is 22.9. The Kier molecular flexibility index (Phi) is 5.92. The van der Waals surface area contributed by atoms with E-state index in [9.17, 15) is 13.2 Å². The molecule has 0 bridgehead atoms. The second-order valence-electron chi connectivity index (χ2n) is 7.56. The number of rotatable bonds is 5. The number of aromatic nitrogens is 3. The van der Waals surface area contributed by atoms with Gasteiger partial charge in [0.15, 0.2) is 0 Å². The van der Waals surface area contributed by atoms with Gasteiger partial charge in [0.2, 0.25) is 5.95 Å². The van der Waals surface area contributed by atoms with Gasteiger partial charge in [-0.25, -0.2) is 9.97 Å². The number of nitrogens with zero attached hydrogens (tertiary/aromatic N) is 4. The first-order valence-corrected chi connectivity index (χ1v) is 10.2. The van der Waals surface area contributed by atoms with Crippen molar-refractivity contribution in [2.24, 2.45) is 0 Å². The van der Waals surface area contributed by atoms with Gasteiger partial charge in [0.1, 0.15) is 11.6 Å². The predicted molar refractivity (Wildman–Crippen MR) is 118 cm³/mol. The Morgan fingerprint density at radius 1 is 1.12 bits per heavy atom. The SMILES string of the molecule is CNc1nc(N[C@H](C)c2cc(N)cc(C(F)(F)F)c2)c2cc(N3CCOCC3)ncc2n1. The van der Waals surface area contributed by atoms with Crippen molar-refractivity contribution in [3.05, 3.63) is 41.6 Å². The lowest BCUT2D eigenvalue weighted by Gasteiger charge is -2.28. The van der Waals surface area contributed by atoms with Crippen LogP contribution in [-0.4, -0.2) is 48.3 Å². The first kappa shape index (κ1) is 21.9. The molecule has 0 saturated carbocycles. The lowest BCUT2D eigenvalue weighted by Crippen LogP contribution is -2.36. The van der Waals surface area contributed by atoms with E-state index in [4.69, 9.17) is 10.5 Å². The van der Waals surface area contributed by atoms with E-state index in [-0.39, 0.29) is 5.69 Å². The van der Waals surface area contributed by atoms with Crippen LogP contribution in [0.3, 0.4) is 0 Å². The molecule has 8 nitrogen and oxygen atoms in total. The fourth-order valence-electron chi connectivity index (χ4n) is 3.59. The van der Waals surface area contributed by atoms with Crippen LogP contribution in [0.4, 0.5) is 36.4 Å². The van der Waals surface area contributed by atoms with Gasteiger partial charge in [-0.15, -0.1) is 0 Å². The lowest BCUT2D eigenvalue weighted by molar-refractivity contribution is -0.137. The summed E-state index contributed by atoms with van der Waals surface area (Å²) in [6, 6.07) is 4.93.